The lowest BCUT2D eigenvalue weighted by Crippen LogP contribution is -2.42. The number of amides is 1. The number of nitrogens with zero attached hydrogens (tertiary/aromatic N) is 1. The molecule has 5 rings (SSSR count). The summed E-state index contributed by atoms with van der Waals surface area (Å²) in [4.78, 5) is 23.1. The standard InChI is InChI=1S/C33H36N2O8S/c1-35(24-14-18-26(37)19-15-24)44(41,42)28-20-27-31(21-10-16-25(36)17-11-21)32(33(28)43-27)22-8-12-23(13-9-22)34-29(38)6-4-2-3-5-7-30(39)40/h8-19,27-28,33,36-37H,2-7,20H2,1H3,(H,34,38)(H,39,40). The van der Waals surface area contributed by atoms with E-state index in [1.165, 1.54) is 23.5 Å². The fourth-order valence-electron chi connectivity index (χ4n) is 5.89. The summed E-state index contributed by atoms with van der Waals surface area (Å²) in [5.74, 6) is -0.783. The van der Waals surface area contributed by atoms with Gasteiger partial charge in [0.2, 0.25) is 15.9 Å². The van der Waals surface area contributed by atoms with Gasteiger partial charge in [-0.25, -0.2) is 8.42 Å². The van der Waals surface area contributed by atoms with Gasteiger partial charge in [0, 0.05) is 25.6 Å². The van der Waals surface area contributed by atoms with E-state index in [2.05, 4.69) is 5.32 Å². The molecule has 3 aromatic carbocycles. The molecule has 0 aromatic heterocycles. The molecule has 2 heterocycles. The molecule has 3 unspecified atom stereocenters. The quantitative estimate of drug-likeness (QED) is 0.186. The highest BCUT2D eigenvalue weighted by molar-refractivity contribution is 7.93. The zero-order chi connectivity index (χ0) is 31.4. The van der Waals surface area contributed by atoms with Crippen LogP contribution in [-0.2, 0) is 24.3 Å². The van der Waals surface area contributed by atoms with Crippen LogP contribution in [0.5, 0.6) is 11.5 Å². The molecule has 232 valence electrons. The van der Waals surface area contributed by atoms with Crippen LogP contribution in [0.2, 0.25) is 0 Å². The molecule has 4 N–H and O–H groups in total. The number of unbranched alkanes of at least 4 members (excludes halogenated alkanes) is 3. The van der Waals surface area contributed by atoms with Crippen molar-refractivity contribution >= 4 is 44.4 Å². The van der Waals surface area contributed by atoms with Crippen LogP contribution in [0.15, 0.2) is 72.8 Å². The number of aromatic hydroxyl groups is 2. The summed E-state index contributed by atoms with van der Waals surface area (Å²) in [6, 6.07) is 20.0. The van der Waals surface area contributed by atoms with Crippen molar-refractivity contribution in [3.63, 3.8) is 0 Å². The number of carboxylic acid groups (broad SMARTS) is 1. The summed E-state index contributed by atoms with van der Waals surface area (Å²) in [5.41, 5.74) is 4.25. The summed E-state index contributed by atoms with van der Waals surface area (Å²) < 4.78 is 35.3. The highest BCUT2D eigenvalue weighted by atomic mass is 32.2. The van der Waals surface area contributed by atoms with E-state index in [-0.39, 0.29) is 30.2 Å². The van der Waals surface area contributed by atoms with Gasteiger partial charge in [0.1, 0.15) is 22.9 Å². The van der Waals surface area contributed by atoms with Crippen molar-refractivity contribution in [2.24, 2.45) is 0 Å². The van der Waals surface area contributed by atoms with Gasteiger partial charge in [0.25, 0.3) is 0 Å². The Morgan fingerprint density at radius 2 is 1.36 bits per heavy atom. The Kier molecular flexibility index (Phi) is 9.26. The molecule has 3 atom stereocenters. The number of carbonyl (C=O) groups is 2. The minimum Gasteiger partial charge on any atom is -0.508 e. The first kappa shape index (κ1) is 31.1. The Bertz CT molecular complexity index is 1630. The zero-order valence-corrected chi connectivity index (χ0v) is 25.2. The van der Waals surface area contributed by atoms with E-state index in [0.717, 1.165) is 35.1 Å². The van der Waals surface area contributed by atoms with Gasteiger partial charge in [-0.05, 0) is 90.1 Å². The van der Waals surface area contributed by atoms with E-state index in [9.17, 15) is 28.2 Å². The van der Waals surface area contributed by atoms with Gasteiger partial charge in [0.05, 0.1) is 11.8 Å². The summed E-state index contributed by atoms with van der Waals surface area (Å²) in [7, 11) is -2.37. The number of sulfonamides is 1. The van der Waals surface area contributed by atoms with Crippen molar-refractivity contribution in [3.8, 4) is 11.5 Å². The predicted octanol–water partition coefficient (Wildman–Crippen LogP) is 5.38. The molecule has 1 fully saturated rings. The monoisotopic (exact) mass is 620 g/mol. The van der Waals surface area contributed by atoms with E-state index < -0.39 is 33.5 Å². The van der Waals surface area contributed by atoms with E-state index in [4.69, 9.17) is 9.84 Å². The molecule has 10 nitrogen and oxygen atoms in total. The molecular formula is C33H36N2O8S. The van der Waals surface area contributed by atoms with Crippen LogP contribution >= 0.6 is 0 Å². The molecule has 2 bridgehead atoms. The Labute approximate surface area is 256 Å². The number of nitrogens with one attached hydrogen (secondary N) is 1. The minimum atomic E-state index is -3.87. The fourth-order valence-corrected chi connectivity index (χ4v) is 7.64. The van der Waals surface area contributed by atoms with Crippen molar-refractivity contribution in [1.82, 2.24) is 0 Å². The minimum absolute atomic E-state index is 0.0409. The fraction of sp³-hybridized carbons (Fsp3) is 0.333. The van der Waals surface area contributed by atoms with Crippen molar-refractivity contribution < 1.29 is 38.1 Å². The second kappa shape index (κ2) is 13.1. The second-order valence-corrected chi connectivity index (χ2v) is 13.3. The number of carbonyl (C=O) groups excluding carboxylic acids is 1. The van der Waals surface area contributed by atoms with Crippen molar-refractivity contribution in [1.29, 1.82) is 0 Å². The maximum Gasteiger partial charge on any atom is 0.303 e. The lowest BCUT2D eigenvalue weighted by atomic mass is 9.83. The Morgan fingerprint density at radius 1 is 0.818 bits per heavy atom. The van der Waals surface area contributed by atoms with Gasteiger partial charge in [-0.3, -0.25) is 13.9 Å². The second-order valence-electron chi connectivity index (χ2n) is 11.2. The number of fused-ring (bicyclic) bond motifs is 2. The van der Waals surface area contributed by atoms with Gasteiger partial charge in [-0.1, -0.05) is 37.1 Å². The van der Waals surface area contributed by atoms with Crippen molar-refractivity contribution in [3.05, 3.63) is 83.9 Å². The van der Waals surface area contributed by atoms with Gasteiger partial charge >= 0.3 is 5.97 Å². The van der Waals surface area contributed by atoms with Gasteiger partial charge in [-0.15, -0.1) is 0 Å². The molecule has 3 aromatic rings. The molecule has 44 heavy (non-hydrogen) atoms. The number of hydrogen-bond donors (Lipinski definition) is 4. The third-order valence-corrected chi connectivity index (χ3v) is 10.4. The van der Waals surface area contributed by atoms with E-state index in [1.54, 1.807) is 48.5 Å². The summed E-state index contributed by atoms with van der Waals surface area (Å²) in [5, 5.41) is 30.3. The molecule has 0 aliphatic carbocycles. The smallest absolute Gasteiger partial charge is 0.303 e. The maximum absolute atomic E-state index is 13.9. The third kappa shape index (κ3) is 6.74. The lowest BCUT2D eigenvalue weighted by molar-refractivity contribution is -0.137. The highest BCUT2D eigenvalue weighted by Gasteiger charge is 2.53. The average Bonchev–Trinajstić information content (AvgIpc) is 3.60. The molecule has 0 spiro atoms. The number of ether oxygens (including phenoxy) is 1. The van der Waals surface area contributed by atoms with Gasteiger partial charge in [0.15, 0.2) is 0 Å². The predicted molar refractivity (Wildman–Crippen MR) is 168 cm³/mol. The van der Waals surface area contributed by atoms with E-state index >= 15 is 0 Å². The molecule has 1 saturated heterocycles. The Balaban J connectivity index is 1.36. The number of aliphatic carboxylic acids is 1. The van der Waals surface area contributed by atoms with E-state index in [1.807, 2.05) is 12.1 Å². The summed E-state index contributed by atoms with van der Waals surface area (Å²) >= 11 is 0. The molecular weight excluding hydrogens is 584 g/mol. The molecule has 2 aliphatic heterocycles. The Hall–Kier alpha value is -4.35. The van der Waals surface area contributed by atoms with Crippen LogP contribution in [0, 0.1) is 0 Å². The third-order valence-electron chi connectivity index (χ3n) is 8.17. The van der Waals surface area contributed by atoms with Crippen LogP contribution in [-0.4, -0.2) is 60.1 Å². The summed E-state index contributed by atoms with van der Waals surface area (Å²) in [6.07, 6.45) is 2.33. The SMILES string of the molecule is CN(c1ccc(O)cc1)S(=O)(=O)C1CC2OC1C(c1ccc(NC(=O)CCCCCCC(=O)O)cc1)=C2c1ccc(O)cc1. The topological polar surface area (TPSA) is 153 Å². The normalized spacial score (nSPS) is 19.2. The maximum atomic E-state index is 13.9. The molecule has 0 radical (unpaired) electrons. The molecule has 0 saturated carbocycles. The van der Waals surface area contributed by atoms with Crippen LogP contribution in [0.1, 0.15) is 56.1 Å². The number of phenols is 2. The Morgan fingerprint density at radius 3 is 1.98 bits per heavy atom. The lowest BCUT2D eigenvalue weighted by Gasteiger charge is -2.29. The van der Waals surface area contributed by atoms with E-state index in [0.29, 0.717) is 30.6 Å². The molecule has 1 amide bonds. The van der Waals surface area contributed by atoms with Gasteiger partial charge < -0.3 is 25.4 Å². The van der Waals surface area contributed by atoms with Crippen LogP contribution < -0.4 is 9.62 Å². The van der Waals surface area contributed by atoms with Crippen LogP contribution in [0.4, 0.5) is 11.4 Å². The average molecular weight is 621 g/mol. The number of anilines is 2. The number of carboxylic acids is 1. The van der Waals surface area contributed by atoms with Crippen molar-refractivity contribution in [2.45, 2.75) is 62.4 Å². The van der Waals surface area contributed by atoms with Crippen LogP contribution in [0.3, 0.4) is 0 Å². The number of benzene rings is 3. The first-order chi connectivity index (χ1) is 21.0. The number of phenolic OH excluding ortho intramolecular Hbond substituents is 2. The van der Waals surface area contributed by atoms with Crippen LogP contribution in [0.25, 0.3) is 11.1 Å². The first-order valence-corrected chi connectivity index (χ1v) is 16.1. The molecule has 2 aliphatic rings. The number of rotatable bonds is 13. The largest absolute Gasteiger partial charge is 0.508 e. The molecule has 11 heteroatoms. The number of hydrogen-bond acceptors (Lipinski definition) is 7. The summed E-state index contributed by atoms with van der Waals surface area (Å²) in [6.45, 7) is 0. The zero-order valence-electron chi connectivity index (χ0n) is 24.3. The van der Waals surface area contributed by atoms with Gasteiger partial charge in [-0.2, -0.15) is 0 Å². The van der Waals surface area contributed by atoms with Crippen molar-refractivity contribution in [2.75, 3.05) is 16.7 Å². The highest BCUT2D eigenvalue weighted by Crippen LogP contribution is 2.51. The first-order valence-electron chi connectivity index (χ1n) is 14.6.